The number of hydrogen-bond donors (Lipinski definition) is 1. The Morgan fingerprint density at radius 2 is 1.63 bits per heavy atom. The molecule has 8 heteroatoms. The van der Waals surface area contributed by atoms with Crippen LogP contribution in [0.2, 0.25) is 0 Å². The zero-order valence-electron chi connectivity index (χ0n) is 22.4. The molecule has 6 unspecified atom stereocenters. The molecule has 2 bridgehead atoms. The zero-order chi connectivity index (χ0) is 26.3. The minimum Gasteiger partial charge on any atom is -0.361 e. The summed E-state index contributed by atoms with van der Waals surface area (Å²) < 4.78 is 24.1. The van der Waals surface area contributed by atoms with E-state index in [0.717, 1.165) is 32.5 Å². The summed E-state index contributed by atoms with van der Waals surface area (Å²) in [5, 5.41) is 1.35. The molecule has 2 aromatic rings. The largest absolute Gasteiger partial charge is 0.361 e. The molecule has 1 N–H and O–H groups in total. The summed E-state index contributed by atoms with van der Waals surface area (Å²) in [5.74, 6) is 1.64. The number of H-pyrrole nitrogens is 1. The average Bonchev–Trinajstić information content (AvgIpc) is 3.16. The Bertz CT molecular complexity index is 1380. The van der Waals surface area contributed by atoms with Crippen LogP contribution in [0.15, 0.2) is 30.5 Å². The minimum absolute atomic E-state index is 0.00816. The maximum Gasteiger partial charge on any atom is 0.233 e. The molecule has 3 heterocycles. The second kappa shape index (κ2) is 8.91. The van der Waals surface area contributed by atoms with Gasteiger partial charge in [0, 0.05) is 36.4 Å². The quantitative estimate of drug-likeness (QED) is 0.546. The molecule has 2 saturated heterocycles. The van der Waals surface area contributed by atoms with Crippen molar-refractivity contribution in [2.75, 3.05) is 38.2 Å². The highest BCUT2D eigenvalue weighted by atomic mass is 32.2. The molecular weight excluding hydrogens is 498 g/mol. The number of hydrogen-bond acceptors (Lipinski definition) is 5. The molecule has 3 saturated carbocycles. The third kappa shape index (κ3) is 4.05. The molecule has 1 aromatic heterocycles. The van der Waals surface area contributed by atoms with Gasteiger partial charge in [0.25, 0.3) is 0 Å². The van der Waals surface area contributed by atoms with E-state index in [2.05, 4.69) is 47.3 Å². The van der Waals surface area contributed by atoms with Crippen LogP contribution in [0.5, 0.6) is 0 Å². The molecule has 2 amide bonds. The molecule has 8 atom stereocenters. The van der Waals surface area contributed by atoms with Crippen LogP contribution in [0.4, 0.5) is 0 Å². The van der Waals surface area contributed by atoms with E-state index in [0.29, 0.717) is 24.3 Å². The van der Waals surface area contributed by atoms with Crippen LogP contribution in [-0.4, -0.2) is 73.2 Å². The Kier molecular flexibility index (Phi) is 5.82. The SMILES string of the molecule is CC1C(CS(C)(=O)=O)C2CC1C1C(=O)N(C[C@H]3C[C@@H]3CN3CCC(c4c[nH]c5ccccc45)CC3)C(=O)C21. The van der Waals surface area contributed by atoms with Gasteiger partial charge in [0.05, 0.1) is 17.6 Å². The molecule has 0 radical (unpaired) electrons. The number of carbonyl (C=O) groups excluding carboxylic acids is 2. The van der Waals surface area contributed by atoms with E-state index in [9.17, 15) is 18.0 Å². The standard InChI is InChI=1S/C30H39N3O4S/c1-17-22-12-23(25(17)16-38(2,36)37)28-27(22)29(34)33(30(28)35)15-20-11-19(20)14-32-9-7-18(8-10-32)24-13-31-26-6-4-3-5-21(24)26/h3-6,13,17-20,22-23,25,27-28,31H,7-12,14-16H2,1-2H3/t17?,19-,20-,22?,23?,25?,27?,28?/m1/s1. The van der Waals surface area contributed by atoms with E-state index < -0.39 is 9.84 Å². The number of benzene rings is 1. The number of nitrogens with one attached hydrogen (secondary N) is 1. The van der Waals surface area contributed by atoms with Crippen LogP contribution >= 0.6 is 0 Å². The first-order chi connectivity index (χ1) is 18.2. The lowest BCUT2D eigenvalue weighted by Gasteiger charge is -2.33. The van der Waals surface area contributed by atoms with Gasteiger partial charge in [0.1, 0.15) is 9.84 Å². The lowest BCUT2D eigenvalue weighted by atomic mass is 9.70. The number of imide groups is 1. The molecule has 3 aliphatic carbocycles. The summed E-state index contributed by atoms with van der Waals surface area (Å²) in [5.41, 5.74) is 2.66. The van der Waals surface area contributed by atoms with Gasteiger partial charge in [0.15, 0.2) is 0 Å². The first-order valence-corrected chi connectivity index (χ1v) is 16.6. The van der Waals surface area contributed by atoms with Crippen molar-refractivity contribution in [2.24, 2.45) is 47.3 Å². The van der Waals surface area contributed by atoms with E-state index in [-0.39, 0.29) is 53.1 Å². The van der Waals surface area contributed by atoms with Crippen molar-refractivity contribution in [3.05, 3.63) is 36.0 Å². The van der Waals surface area contributed by atoms with Gasteiger partial charge in [-0.15, -0.1) is 0 Å². The van der Waals surface area contributed by atoms with Crippen molar-refractivity contribution in [1.82, 2.24) is 14.8 Å². The van der Waals surface area contributed by atoms with Gasteiger partial charge >= 0.3 is 0 Å². The third-order valence-corrected chi connectivity index (χ3v) is 12.0. The van der Waals surface area contributed by atoms with Gasteiger partial charge in [-0.25, -0.2) is 8.42 Å². The van der Waals surface area contributed by atoms with Crippen molar-refractivity contribution in [1.29, 1.82) is 0 Å². The lowest BCUT2D eigenvalue weighted by molar-refractivity contribution is -0.141. The molecule has 38 heavy (non-hydrogen) atoms. The Hall–Kier alpha value is -2.19. The number of piperidine rings is 1. The molecule has 7 nitrogen and oxygen atoms in total. The molecular formula is C30H39N3O4S. The highest BCUT2D eigenvalue weighted by molar-refractivity contribution is 7.90. The summed E-state index contributed by atoms with van der Waals surface area (Å²) in [6, 6.07) is 8.55. The van der Waals surface area contributed by atoms with Crippen molar-refractivity contribution >= 4 is 32.6 Å². The first kappa shape index (κ1) is 24.8. The van der Waals surface area contributed by atoms with Gasteiger partial charge in [-0.1, -0.05) is 25.1 Å². The average molecular weight is 538 g/mol. The van der Waals surface area contributed by atoms with Gasteiger partial charge in [-0.2, -0.15) is 0 Å². The number of fused-ring (bicyclic) bond motifs is 6. The van der Waals surface area contributed by atoms with E-state index in [4.69, 9.17) is 0 Å². The van der Waals surface area contributed by atoms with Crippen LogP contribution in [-0.2, 0) is 19.4 Å². The number of amides is 2. The molecule has 5 aliphatic rings. The second-order valence-electron chi connectivity index (χ2n) is 13.1. The molecule has 5 fully saturated rings. The number of para-hydroxylation sites is 1. The lowest BCUT2D eigenvalue weighted by Crippen LogP contribution is -2.38. The monoisotopic (exact) mass is 537 g/mol. The van der Waals surface area contributed by atoms with Crippen LogP contribution in [0.1, 0.15) is 44.1 Å². The van der Waals surface area contributed by atoms with Gasteiger partial charge in [-0.3, -0.25) is 14.5 Å². The molecule has 2 aliphatic heterocycles. The summed E-state index contributed by atoms with van der Waals surface area (Å²) in [4.78, 5) is 34.4. The molecule has 1 aromatic carbocycles. The zero-order valence-corrected chi connectivity index (χ0v) is 23.2. The van der Waals surface area contributed by atoms with E-state index in [1.165, 1.54) is 35.6 Å². The predicted octanol–water partition coefficient (Wildman–Crippen LogP) is 3.53. The van der Waals surface area contributed by atoms with E-state index >= 15 is 0 Å². The minimum atomic E-state index is -3.11. The number of carbonyl (C=O) groups is 2. The van der Waals surface area contributed by atoms with Crippen molar-refractivity contribution in [3.8, 4) is 0 Å². The maximum atomic E-state index is 13.4. The highest BCUT2D eigenvalue weighted by Gasteiger charge is 2.66. The third-order valence-electron chi connectivity index (χ3n) is 11.0. The number of aromatic nitrogens is 1. The normalized spacial score (nSPS) is 37.5. The Morgan fingerprint density at radius 1 is 0.947 bits per heavy atom. The first-order valence-electron chi connectivity index (χ1n) is 14.5. The van der Waals surface area contributed by atoms with E-state index in [1.807, 2.05) is 0 Å². The molecule has 7 rings (SSSR count). The number of aromatic amines is 1. The molecule has 204 valence electrons. The smallest absolute Gasteiger partial charge is 0.233 e. The van der Waals surface area contributed by atoms with Gasteiger partial charge in [0.2, 0.25) is 11.8 Å². The molecule has 0 spiro atoms. The highest BCUT2D eigenvalue weighted by Crippen LogP contribution is 2.61. The van der Waals surface area contributed by atoms with E-state index in [1.54, 1.807) is 4.90 Å². The topological polar surface area (TPSA) is 90.6 Å². The summed E-state index contributed by atoms with van der Waals surface area (Å²) in [6.07, 6.45) is 7.74. The number of likely N-dealkylation sites (tertiary alicyclic amines) is 2. The Balaban J connectivity index is 0.935. The van der Waals surface area contributed by atoms with Gasteiger partial charge < -0.3 is 9.88 Å². The summed E-state index contributed by atoms with van der Waals surface area (Å²) in [6.45, 7) is 5.92. The maximum absolute atomic E-state index is 13.4. The predicted molar refractivity (Wildman–Crippen MR) is 146 cm³/mol. The van der Waals surface area contributed by atoms with Crippen molar-refractivity contribution < 1.29 is 18.0 Å². The number of sulfone groups is 1. The Morgan fingerprint density at radius 3 is 2.37 bits per heavy atom. The van der Waals surface area contributed by atoms with Crippen LogP contribution in [0.25, 0.3) is 10.9 Å². The van der Waals surface area contributed by atoms with Crippen LogP contribution < -0.4 is 0 Å². The second-order valence-corrected chi connectivity index (χ2v) is 15.3. The van der Waals surface area contributed by atoms with Crippen LogP contribution in [0, 0.1) is 47.3 Å². The van der Waals surface area contributed by atoms with Crippen LogP contribution in [0.3, 0.4) is 0 Å². The van der Waals surface area contributed by atoms with Crippen molar-refractivity contribution in [2.45, 2.75) is 38.5 Å². The fourth-order valence-electron chi connectivity index (χ4n) is 8.96. The Labute approximate surface area is 225 Å². The summed E-state index contributed by atoms with van der Waals surface area (Å²) in [7, 11) is -3.11. The van der Waals surface area contributed by atoms with Gasteiger partial charge in [-0.05, 0) is 91.8 Å². The fraction of sp³-hybridized carbons (Fsp3) is 0.667. The number of rotatable bonds is 7. The fourth-order valence-corrected chi connectivity index (χ4v) is 10.2. The summed E-state index contributed by atoms with van der Waals surface area (Å²) >= 11 is 0. The van der Waals surface area contributed by atoms with Crippen molar-refractivity contribution in [3.63, 3.8) is 0 Å². The number of nitrogens with zero attached hydrogens (tertiary/aromatic N) is 2.